The normalized spacial score (nSPS) is 18.4. The number of carbonyl (C=O) groups is 1. The summed E-state index contributed by atoms with van der Waals surface area (Å²) in [6, 6.07) is 4.21. The zero-order valence-electron chi connectivity index (χ0n) is 19.2. The lowest BCUT2D eigenvalue weighted by Gasteiger charge is -2.35. The molecule has 0 aliphatic carbocycles. The van der Waals surface area contributed by atoms with E-state index in [4.69, 9.17) is 0 Å². The van der Waals surface area contributed by atoms with Crippen LogP contribution < -0.4 is 15.1 Å². The van der Waals surface area contributed by atoms with Gasteiger partial charge in [-0.15, -0.1) is 0 Å². The number of nitrogens with one attached hydrogen (secondary N) is 1. The fraction of sp³-hybridized carbons (Fsp3) is 0.545. The number of rotatable bonds is 5. The molecule has 0 saturated carbocycles. The van der Waals surface area contributed by atoms with Crippen molar-refractivity contribution in [2.75, 3.05) is 69.2 Å². The summed E-state index contributed by atoms with van der Waals surface area (Å²) in [6.45, 7) is 9.74. The van der Waals surface area contributed by atoms with E-state index in [1.54, 1.807) is 22.8 Å². The lowest BCUT2D eigenvalue weighted by atomic mass is 10.2. The summed E-state index contributed by atoms with van der Waals surface area (Å²) in [6.07, 6.45) is 5.51. The topological polar surface area (TPSA) is 85.1 Å². The van der Waals surface area contributed by atoms with E-state index in [-0.39, 0.29) is 12.5 Å². The number of hydrogen-bond donors (Lipinski definition) is 1. The monoisotopic (exact) mass is 439 g/mol. The van der Waals surface area contributed by atoms with Gasteiger partial charge in [-0.2, -0.15) is 5.10 Å². The molecule has 10 nitrogen and oxygen atoms in total. The number of hydrogen-bond acceptors (Lipinski definition) is 6. The molecule has 1 N–H and O–H groups in total. The number of amides is 1. The van der Waals surface area contributed by atoms with Crippen LogP contribution in [-0.2, 0) is 18.4 Å². The molecule has 0 atom stereocenters. The van der Waals surface area contributed by atoms with E-state index in [0.29, 0.717) is 19.6 Å². The second kappa shape index (κ2) is 9.99. The van der Waals surface area contributed by atoms with Crippen LogP contribution >= 0.6 is 0 Å². The molecule has 0 bridgehead atoms. The maximum Gasteiger partial charge on any atom is 0.246 e. The lowest BCUT2D eigenvalue weighted by Crippen LogP contribution is -2.55. The van der Waals surface area contributed by atoms with Crippen molar-refractivity contribution in [2.45, 2.75) is 13.5 Å². The van der Waals surface area contributed by atoms with Gasteiger partial charge in [0.05, 0.1) is 11.9 Å². The van der Waals surface area contributed by atoms with Crippen LogP contribution in [0.3, 0.4) is 0 Å². The molecule has 1 amide bonds. The Morgan fingerprint density at radius 3 is 2.53 bits per heavy atom. The van der Waals surface area contributed by atoms with Crippen LogP contribution in [0, 0.1) is 0 Å². The van der Waals surface area contributed by atoms with Crippen molar-refractivity contribution < 1.29 is 4.79 Å². The molecule has 0 aromatic carbocycles. The van der Waals surface area contributed by atoms with Crippen LogP contribution in [-0.4, -0.2) is 95.8 Å². The van der Waals surface area contributed by atoms with E-state index in [1.165, 1.54) is 0 Å². The van der Waals surface area contributed by atoms with Crippen LogP contribution in [0.5, 0.6) is 0 Å². The predicted molar refractivity (Wildman–Crippen MR) is 126 cm³/mol. The first kappa shape index (κ1) is 22.1. The Balaban J connectivity index is 1.29. The van der Waals surface area contributed by atoms with Crippen molar-refractivity contribution >= 4 is 23.4 Å². The molecule has 2 aromatic rings. The minimum absolute atomic E-state index is 0.0430. The Hall–Kier alpha value is -3.14. The maximum atomic E-state index is 12.7. The van der Waals surface area contributed by atoms with Crippen LogP contribution in [0.2, 0.25) is 0 Å². The first-order valence-corrected chi connectivity index (χ1v) is 11.2. The van der Waals surface area contributed by atoms with E-state index in [1.807, 2.05) is 24.3 Å². The summed E-state index contributed by atoms with van der Waals surface area (Å²) in [5.74, 6) is 1.80. The van der Waals surface area contributed by atoms with Gasteiger partial charge in [0.25, 0.3) is 0 Å². The molecule has 2 aliphatic rings. The molecular weight excluding hydrogens is 406 g/mol. The van der Waals surface area contributed by atoms with Gasteiger partial charge in [-0.25, -0.2) is 4.98 Å². The van der Waals surface area contributed by atoms with E-state index >= 15 is 0 Å². The maximum absolute atomic E-state index is 12.7. The van der Waals surface area contributed by atoms with E-state index < -0.39 is 0 Å². The second-order valence-corrected chi connectivity index (χ2v) is 8.19. The molecule has 0 unspecified atom stereocenters. The number of aryl methyl sites for hydroxylation is 1. The van der Waals surface area contributed by atoms with E-state index in [9.17, 15) is 4.79 Å². The Bertz CT molecular complexity index is 931. The summed E-state index contributed by atoms with van der Waals surface area (Å²) in [4.78, 5) is 30.3. The minimum Gasteiger partial charge on any atom is -0.354 e. The van der Waals surface area contributed by atoms with E-state index in [2.05, 4.69) is 49.2 Å². The minimum atomic E-state index is 0.0430. The number of guanidine groups is 1. The predicted octanol–water partition coefficient (Wildman–Crippen LogP) is 0.381. The van der Waals surface area contributed by atoms with Gasteiger partial charge < -0.3 is 24.9 Å². The molecule has 2 saturated heterocycles. The summed E-state index contributed by atoms with van der Waals surface area (Å²) in [5.41, 5.74) is 1.92. The Morgan fingerprint density at radius 2 is 1.94 bits per heavy atom. The zero-order valence-corrected chi connectivity index (χ0v) is 19.2. The smallest absolute Gasteiger partial charge is 0.246 e. The number of aliphatic imine (C=N–C) groups is 1. The van der Waals surface area contributed by atoms with Gasteiger partial charge in [0.2, 0.25) is 5.91 Å². The SMILES string of the molecule is CCN1CCN(c2ccc(CNC(=NC)N3CCN(c4cnn(C)c4)C(=O)C3)cn2)CC1. The fourth-order valence-corrected chi connectivity index (χ4v) is 4.19. The molecule has 10 heteroatoms. The van der Waals surface area contributed by atoms with Crippen molar-refractivity contribution in [2.24, 2.45) is 12.0 Å². The molecule has 0 radical (unpaired) electrons. The van der Waals surface area contributed by atoms with Crippen molar-refractivity contribution in [1.29, 1.82) is 0 Å². The van der Waals surface area contributed by atoms with Crippen molar-refractivity contribution in [3.05, 3.63) is 36.3 Å². The summed E-state index contributed by atoms with van der Waals surface area (Å²) in [5, 5.41) is 7.54. The van der Waals surface area contributed by atoms with Crippen LogP contribution in [0.15, 0.2) is 35.7 Å². The number of anilines is 2. The van der Waals surface area contributed by atoms with Gasteiger partial charge in [0.1, 0.15) is 12.4 Å². The third kappa shape index (κ3) is 5.01. The van der Waals surface area contributed by atoms with Gasteiger partial charge in [-0.3, -0.25) is 14.5 Å². The molecular formula is C22H33N9O. The van der Waals surface area contributed by atoms with E-state index in [0.717, 1.165) is 55.8 Å². The molecule has 2 aromatic heterocycles. The largest absolute Gasteiger partial charge is 0.354 e. The number of likely N-dealkylation sites (N-methyl/N-ethyl adjacent to an activating group) is 1. The second-order valence-electron chi connectivity index (χ2n) is 8.19. The number of pyridine rings is 1. The van der Waals surface area contributed by atoms with Crippen molar-refractivity contribution in [3.8, 4) is 0 Å². The van der Waals surface area contributed by atoms with Gasteiger partial charge in [0, 0.05) is 72.3 Å². The van der Waals surface area contributed by atoms with Crippen LogP contribution in [0.4, 0.5) is 11.5 Å². The highest BCUT2D eigenvalue weighted by atomic mass is 16.2. The standard InChI is InChI=1S/C22H33N9O/c1-4-28-7-9-29(10-8-28)20-6-5-18(13-24-20)14-25-22(23-2)30-11-12-31(21(32)17-30)19-15-26-27(3)16-19/h5-6,13,15-16H,4,7-12,14,17H2,1-3H3,(H,23,25). The number of carbonyl (C=O) groups excluding carboxylic acids is 1. The third-order valence-corrected chi connectivity index (χ3v) is 6.14. The molecule has 32 heavy (non-hydrogen) atoms. The summed E-state index contributed by atoms with van der Waals surface area (Å²) >= 11 is 0. The Morgan fingerprint density at radius 1 is 1.12 bits per heavy atom. The highest BCUT2D eigenvalue weighted by Crippen LogP contribution is 2.17. The van der Waals surface area contributed by atoms with Crippen molar-refractivity contribution in [1.82, 2.24) is 29.9 Å². The fourth-order valence-electron chi connectivity index (χ4n) is 4.19. The quantitative estimate of drug-likeness (QED) is 0.533. The molecule has 2 fully saturated rings. The molecule has 4 heterocycles. The Labute approximate surface area is 189 Å². The van der Waals surface area contributed by atoms with Gasteiger partial charge in [0.15, 0.2) is 5.96 Å². The summed E-state index contributed by atoms with van der Waals surface area (Å²) < 4.78 is 1.71. The first-order valence-electron chi connectivity index (χ1n) is 11.2. The highest BCUT2D eigenvalue weighted by Gasteiger charge is 2.27. The van der Waals surface area contributed by atoms with Crippen LogP contribution in [0.25, 0.3) is 0 Å². The zero-order chi connectivity index (χ0) is 22.5. The highest BCUT2D eigenvalue weighted by molar-refractivity contribution is 5.98. The number of piperazine rings is 2. The molecule has 172 valence electrons. The number of nitrogens with zero attached hydrogens (tertiary/aromatic N) is 8. The lowest BCUT2D eigenvalue weighted by molar-refractivity contribution is -0.120. The Kier molecular flexibility index (Phi) is 6.89. The average Bonchev–Trinajstić information content (AvgIpc) is 3.26. The molecule has 4 rings (SSSR count). The average molecular weight is 440 g/mol. The van der Waals surface area contributed by atoms with Crippen LogP contribution in [0.1, 0.15) is 12.5 Å². The van der Waals surface area contributed by atoms with Crippen molar-refractivity contribution in [3.63, 3.8) is 0 Å². The molecule has 2 aliphatic heterocycles. The van der Waals surface area contributed by atoms with Gasteiger partial charge in [-0.05, 0) is 18.2 Å². The van der Waals surface area contributed by atoms with Gasteiger partial charge in [-0.1, -0.05) is 13.0 Å². The first-order chi connectivity index (χ1) is 15.6. The summed E-state index contributed by atoms with van der Waals surface area (Å²) in [7, 11) is 3.60. The molecule has 0 spiro atoms. The number of aromatic nitrogens is 3. The van der Waals surface area contributed by atoms with Gasteiger partial charge >= 0.3 is 0 Å². The third-order valence-electron chi connectivity index (χ3n) is 6.14.